The Bertz CT molecular complexity index is 212. The zero-order valence-electron chi connectivity index (χ0n) is 5.74. The van der Waals surface area contributed by atoms with Crippen molar-refractivity contribution in [1.82, 2.24) is 0 Å². The number of carbonyl (C=O) groups is 1. The van der Waals surface area contributed by atoms with Crippen LogP contribution in [0.2, 0.25) is 0 Å². The highest BCUT2D eigenvalue weighted by Crippen LogP contribution is 2.18. The van der Waals surface area contributed by atoms with Gasteiger partial charge in [0, 0.05) is 12.2 Å². The topological polar surface area (TPSA) is 26.3 Å². The van der Waals surface area contributed by atoms with Gasteiger partial charge < -0.3 is 4.74 Å². The molecule has 0 aliphatic rings. The predicted octanol–water partition coefficient (Wildman–Crippen LogP) is 2.17. The van der Waals surface area contributed by atoms with Gasteiger partial charge in [0.1, 0.15) is 0 Å². The van der Waals surface area contributed by atoms with Crippen LogP contribution < -0.4 is 0 Å². The van der Waals surface area contributed by atoms with Crippen LogP contribution in [0.4, 0.5) is 26.3 Å². The van der Waals surface area contributed by atoms with Gasteiger partial charge in [-0.15, -0.1) is 13.2 Å². The SMILES string of the molecule is O=C(C=CC(F)(F)F)OC(F)(F)F. The molecule has 0 fully saturated rings. The van der Waals surface area contributed by atoms with Crippen LogP contribution in [0.1, 0.15) is 0 Å². The summed E-state index contributed by atoms with van der Waals surface area (Å²) in [7, 11) is 0. The van der Waals surface area contributed by atoms with Crippen molar-refractivity contribution in [2.75, 3.05) is 0 Å². The molecular weight excluding hydrogens is 206 g/mol. The van der Waals surface area contributed by atoms with Crippen molar-refractivity contribution in [2.45, 2.75) is 12.5 Å². The highest BCUT2D eigenvalue weighted by molar-refractivity contribution is 5.82. The van der Waals surface area contributed by atoms with E-state index in [0.29, 0.717) is 0 Å². The van der Waals surface area contributed by atoms with Crippen molar-refractivity contribution in [3.8, 4) is 0 Å². The minimum atomic E-state index is -5.27. The molecular formula is C5H2F6O2. The number of halogens is 6. The van der Waals surface area contributed by atoms with Crippen LogP contribution in [-0.2, 0) is 9.53 Å². The lowest BCUT2D eigenvalue weighted by Crippen LogP contribution is -2.18. The van der Waals surface area contributed by atoms with Crippen LogP contribution in [0.15, 0.2) is 12.2 Å². The average Bonchev–Trinajstić information content (AvgIpc) is 1.78. The zero-order chi connectivity index (χ0) is 10.7. The Balaban J connectivity index is 4.11. The van der Waals surface area contributed by atoms with E-state index in [-0.39, 0.29) is 6.08 Å². The molecule has 0 saturated heterocycles. The summed E-state index contributed by atoms with van der Waals surface area (Å²) in [5, 5.41) is 0. The van der Waals surface area contributed by atoms with E-state index < -0.39 is 24.6 Å². The summed E-state index contributed by atoms with van der Waals surface area (Å²) in [6.07, 6.45) is -11.1. The molecule has 8 heteroatoms. The normalized spacial score (nSPS) is 13.4. The molecule has 13 heavy (non-hydrogen) atoms. The first kappa shape index (κ1) is 11.8. The van der Waals surface area contributed by atoms with Gasteiger partial charge in [-0.2, -0.15) is 13.2 Å². The number of rotatable bonds is 1. The Morgan fingerprint density at radius 3 is 1.85 bits per heavy atom. The first-order valence-electron chi connectivity index (χ1n) is 2.66. The van der Waals surface area contributed by atoms with Gasteiger partial charge in [0.05, 0.1) is 0 Å². The summed E-state index contributed by atoms with van der Waals surface area (Å²) in [6, 6.07) is 0. The molecule has 0 aliphatic heterocycles. The highest BCUT2D eigenvalue weighted by atomic mass is 19.4. The van der Waals surface area contributed by atoms with E-state index in [1.807, 2.05) is 0 Å². The van der Waals surface area contributed by atoms with Crippen molar-refractivity contribution >= 4 is 5.97 Å². The highest BCUT2D eigenvalue weighted by Gasteiger charge is 2.33. The Hall–Kier alpha value is -1.21. The molecule has 0 bridgehead atoms. The number of carbonyl (C=O) groups excluding carboxylic acids is 1. The lowest BCUT2D eigenvalue weighted by atomic mass is 10.5. The van der Waals surface area contributed by atoms with Crippen LogP contribution in [0.5, 0.6) is 0 Å². The van der Waals surface area contributed by atoms with Crippen LogP contribution in [0.3, 0.4) is 0 Å². The average molecular weight is 208 g/mol. The van der Waals surface area contributed by atoms with Crippen LogP contribution in [-0.4, -0.2) is 18.5 Å². The Morgan fingerprint density at radius 1 is 1.08 bits per heavy atom. The summed E-state index contributed by atoms with van der Waals surface area (Å²) in [4.78, 5) is 9.98. The van der Waals surface area contributed by atoms with Crippen LogP contribution in [0.25, 0.3) is 0 Å². The van der Waals surface area contributed by atoms with Gasteiger partial charge in [-0.3, -0.25) is 0 Å². The zero-order valence-corrected chi connectivity index (χ0v) is 5.74. The molecule has 0 saturated carbocycles. The van der Waals surface area contributed by atoms with Crippen LogP contribution in [0, 0.1) is 0 Å². The van der Waals surface area contributed by atoms with Gasteiger partial charge >= 0.3 is 18.5 Å². The number of ether oxygens (including phenoxy) is 1. The van der Waals surface area contributed by atoms with Crippen molar-refractivity contribution in [3.63, 3.8) is 0 Å². The van der Waals surface area contributed by atoms with Gasteiger partial charge in [-0.25, -0.2) is 4.79 Å². The molecule has 0 radical (unpaired) electrons. The molecule has 0 aromatic carbocycles. The molecule has 0 amide bonds. The molecule has 0 N–H and O–H groups in total. The number of alkyl halides is 6. The van der Waals surface area contributed by atoms with Crippen molar-refractivity contribution in [2.24, 2.45) is 0 Å². The largest absolute Gasteiger partial charge is 0.575 e. The van der Waals surface area contributed by atoms with Crippen molar-refractivity contribution in [1.29, 1.82) is 0 Å². The summed E-state index contributed by atoms with van der Waals surface area (Å²) < 4.78 is 69.9. The summed E-state index contributed by atoms with van der Waals surface area (Å²) in [5.41, 5.74) is 0. The molecule has 76 valence electrons. The predicted molar refractivity (Wildman–Crippen MR) is 27.3 cm³/mol. The number of esters is 1. The molecule has 0 atom stereocenters. The van der Waals surface area contributed by atoms with E-state index in [2.05, 4.69) is 4.74 Å². The summed E-state index contributed by atoms with van der Waals surface area (Å²) in [6.45, 7) is 0. The second kappa shape index (κ2) is 3.67. The maximum absolute atomic E-state index is 11.3. The second-order valence-electron chi connectivity index (χ2n) is 1.74. The Morgan fingerprint density at radius 2 is 1.54 bits per heavy atom. The molecule has 0 rings (SSSR count). The Labute approximate surface area is 67.8 Å². The third-order valence-corrected chi connectivity index (χ3v) is 0.625. The van der Waals surface area contributed by atoms with E-state index in [0.717, 1.165) is 0 Å². The third-order valence-electron chi connectivity index (χ3n) is 0.625. The van der Waals surface area contributed by atoms with Crippen molar-refractivity contribution in [3.05, 3.63) is 12.2 Å². The fourth-order valence-electron chi connectivity index (χ4n) is 0.311. The molecule has 0 aliphatic carbocycles. The molecule has 0 heterocycles. The maximum atomic E-state index is 11.3. The first-order valence-corrected chi connectivity index (χ1v) is 2.66. The van der Waals surface area contributed by atoms with E-state index in [4.69, 9.17) is 0 Å². The standard InChI is InChI=1S/C5H2F6O2/c6-4(7,8)2-1-3(12)13-5(9,10)11/h1-2H. The minimum Gasteiger partial charge on any atom is -0.370 e. The molecule has 2 nitrogen and oxygen atoms in total. The van der Waals surface area contributed by atoms with E-state index in [1.54, 1.807) is 0 Å². The Kier molecular flexibility index (Phi) is 3.33. The lowest BCUT2D eigenvalue weighted by molar-refractivity contribution is -0.303. The fraction of sp³-hybridized carbons (Fsp3) is 0.400. The number of hydrogen-bond acceptors (Lipinski definition) is 2. The van der Waals surface area contributed by atoms with Crippen molar-refractivity contribution < 1.29 is 35.9 Å². The summed E-state index contributed by atoms with van der Waals surface area (Å²) in [5.74, 6) is -2.12. The smallest absolute Gasteiger partial charge is 0.370 e. The van der Waals surface area contributed by atoms with E-state index in [9.17, 15) is 31.1 Å². The second-order valence-corrected chi connectivity index (χ2v) is 1.74. The quantitative estimate of drug-likeness (QED) is 0.375. The van der Waals surface area contributed by atoms with Gasteiger partial charge in [0.2, 0.25) is 0 Å². The maximum Gasteiger partial charge on any atom is 0.575 e. The minimum absolute atomic E-state index is 0.354. The molecule has 0 aromatic rings. The third kappa shape index (κ3) is 8.70. The first-order chi connectivity index (χ1) is 5.60. The van der Waals surface area contributed by atoms with Gasteiger partial charge in [0.15, 0.2) is 0 Å². The van der Waals surface area contributed by atoms with Crippen LogP contribution >= 0.6 is 0 Å². The van der Waals surface area contributed by atoms with Gasteiger partial charge in [-0.05, 0) is 0 Å². The van der Waals surface area contributed by atoms with Gasteiger partial charge in [0.25, 0.3) is 0 Å². The number of allylic oxidation sites excluding steroid dienone is 1. The molecule has 0 spiro atoms. The van der Waals surface area contributed by atoms with E-state index in [1.165, 1.54) is 0 Å². The molecule has 0 aromatic heterocycles. The fourth-order valence-corrected chi connectivity index (χ4v) is 0.311. The lowest BCUT2D eigenvalue weighted by Gasteiger charge is -2.04. The monoisotopic (exact) mass is 208 g/mol. The van der Waals surface area contributed by atoms with E-state index >= 15 is 0 Å². The summed E-state index contributed by atoms with van der Waals surface area (Å²) >= 11 is 0. The van der Waals surface area contributed by atoms with Gasteiger partial charge in [-0.1, -0.05) is 0 Å². The molecule has 0 unspecified atom stereocenters. The number of hydrogen-bond donors (Lipinski definition) is 0.